The molecule has 3 rings (SSSR count). The first-order chi connectivity index (χ1) is 18.0. The largest absolute Gasteiger partial charge is 0.496 e. The van der Waals surface area contributed by atoms with Crippen LogP contribution in [-0.4, -0.2) is 98.7 Å². The maximum absolute atomic E-state index is 13.4. The van der Waals surface area contributed by atoms with E-state index >= 15 is 0 Å². The van der Waals surface area contributed by atoms with Gasteiger partial charge in [0.1, 0.15) is 12.3 Å². The van der Waals surface area contributed by atoms with Gasteiger partial charge >= 0.3 is 12.0 Å². The van der Waals surface area contributed by atoms with Crippen molar-refractivity contribution < 1.29 is 23.9 Å². The van der Waals surface area contributed by atoms with E-state index in [0.717, 1.165) is 56.6 Å². The minimum Gasteiger partial charge on any atom is -0.496 e. The summed E-state index contributed by atoms with van der Waals surface area (Å²) in [5, 5.41) is 2.62. The Hall–Kier alpha value is -3.07. The van der Waals surface area contributed by atoms with Crippen molar-refractivity contribution in [1.29, 1.82) is 0 Å². The molecule has 0 aromatic heterocycles. The lowest BCUT2D eigenvalue weighted by molar-refractivity contribution is -0.142. The maximum atomic E-state index is 13.4. The summed E-state index contributed by atoms with van der Waals surface area (Å²) in [6.07, 6.45) is 9.49. The zero-order valence-electron chi connectivity index (χ0n) is 22.3. The summed E-state index contributed by atoms with van der Waals surface area (Å²) >= 11 is 0. The molecule has 3 amide bonds. The van der Waals surface area contributed by atoms with E-state index in [4.69, 9.17) is 9.47 Å². The normalized spacial score (nSPS) is 17.0. The van der Waals surface area contributed by atoms with Crippen molar-refractivity contribution in [2.75, 3.05) is 66.1 Å². The van der Waals surface area contributed by atoms with Gasteiger partial charge < -0.3 is 24.6 Å². The van der Waals surface area contributed by atoms with Gasteiger partial charge in [-0.3, -0.25) is 14.5 Å². The van der Waals surface area contributed by atoms with Crippen molar-refractivity contribution in [3.8, 4) is 5.75 Å². The number of esters is 1. The van der Waals surface area contributed by atoms with Crippen molar-refractivity contribution >= 4 is 24.0 Å². The Bertz CT molecular complexity index is 908. The number of nitrogens with zero attached hydrogens (tertiary/aromatic N) is 3. The third-order valence-electron chi connectivity index (χ3n) is 7.06. The van der Waals surface area contributed by atoms with Crippen LogP contribution < -0.4 is 10.1 Å². The topological polar surface area (TPSA) is 91.4 Å². The van der Waals surface area contributed by atoms with Crippen LogP contribution in [-0.2, 0) is 14.3 Å². The highest BCUT2D eigenvalue weighted by atomic mass is 16.5. The van der Waals surface area contributed by atoms with E-state index in [-0.39, 0.29) is 24.4 Å². The lowest BCUT2D eigenvalue weighted by Gasteiger charge is -2.36. The van der Waals surface area contributed by atoms with E-state index in [2.05, 4.69) is 10.2 Å². The second-order valence-corrected chi connectivity index (χ2v) is 9.56. The molecule has 204 valence electrons. The molecule has 0 unspecified atom stereocenters. The number of hydrogen-bond donors (Lipinski definition) is 1. The van der Waals surface area contributed by atoms with E-state index in [1.165, 1.54) is 6.42 Å². The molecule has 1 aromatic rings. The highest BCUT2D eigenvalue weighted by molar-refractivity contribution is 5.81. The van der Waals surface area contributed by atoms with Crippen molar-refractivity contribution in [3.05, 3.63) is 35.9 Å². The van der Waals surface area contributed by atoms with Crippen molar-refractivity contribution in [2.45, 2.75) is 39.0 Å². The summed E-state index contributed by atoms with van der Waals surface area (Å²) < 4.78 is 10.3. The zero-order valence-corrected chi connectivity index (χ0v) is 22.3. The molecule has 1 aliphatic heterocycles. The summed E-state index contributed by atoms with van der Waals surface area (Å²) in [7, 11) is 1.66. The highest BCUT2D eigenvalue weighted by Gasteiger charge is 2.27. The number of benzene rings is 1. The molecule has 9 heteroatoms. The molecule has 0 spiro atoms. The monoisotopic (exact) mass is 514 g/mol. The second kappa shape index (κ2) is 15.2. The van der Waals surface area contributed by atoms with Crippen molar-refractivity contribution in [1.82, 2.24) is 20.0 Å². The first-order valence-corrected chi connectivity index (χ1v) is 13.5. The molecule has 37 heavy (non-hydrogen) atoms. The Balaban J connectivity index is 1.51. The van der Waals surface area contributed by atoms with Gasteiger partial charge in [-0.25, -0.2) is 4.79 Å². The molecular formula is C28H42N4O5. The van der Waals surface area contributed by atoms with Crippen LogP contribution in [0.3, 0.4) is 0 Å². The fourth-order valence-electron chi connectivity index (χ4n) is 4.92. The van der Waals surface area contributed by atoms with Gasteiger partial charge in [-0.2, -0.15) is 0 Å². The predicted octanol–water partition coefficient (Wildman–Crippen LogP) is 3.01. The second-order valence-electron chi connectivity index (χ2n) is 9.56. The molecule has 2 fully saturated rings. The minimum absolute atomic E-state index is 0.118. The molecule has 1 aromatic carbocycles. The SMILES string of the molecule is CCOC(=O)CNC(=O)N1CCN(CCN(C/C=C/c2ccccc2OC)C(=O)C2CCCCC2)CC1. The van der Waals surface area contributed by atoms with Gasteiger partial charge in [0.05, 0.1) is 13.7 Å². The Morgan fingerprint density at radius 1 is 1.08 bits per heavy atom. The molecule has 2 aliphatic rings. The molecule has 9 nitrogen and oxygen atoms in total. The number of carbonyl (C=O) groups is 3. The lowest BCUT2D eigenvalue weighted by atomic mass is 9.88. The van der Waals surface area contributed by atoms with E-state index in [1.54, 1.807) is 18.9 Å². The number of carbonyl (C=O) groups excluding carboxylic acids is 3. The van der Waals surface area contributed by atoms with E-state index in [1.807, 2.05) is 41.3 Å². The average Bonchev–Trinajstić information content (AvgIpc) is 2.94. The minimum atomic E-state index is -0.433. The number of urea groups is 1. The number of methoxy groups -OCH3 is 1. The number of amides is 3. The maximum Gasteiger partial charge on any atom is 0.325 e. The van der Waals surface area contributed by atoms with Gasteiger partial charge in [-0.15, -0.1) is 0 Å². The third-order valence-corrected chi connectivity index (χ3v) is 7.06. The van der Waals surface area contributed by atoms with Gasteiger partial charge in [-0.05, 0) is 25.8 Å². The highest BCUT2D eigenvalue weighted by Crippen LogP contribution is 2.26. The van der Waals surface area contributed by atoms with Crippen LogP contribution >= 0.6 is 0 Å². The first-order valence-electron chi connectivity index (χ1n) is 13.5. The van der Waals surface area contributed by atoms with Crippen molar-refractivity contribution in [3.63, 3.8) is 0 Å². The number of ether oxygens (including phenoxy) is 2. The molecule has 1 saturated carbocycles. The van der Waals surface area contributed by atoms with Crippen LogP contribution in [0.15, 0.2) is 30.3 Å². The zero-order chi connectivity index (χ0) is 26.5. The first kappa shape index (κ1) is 28.5. The number of hydrogen-bond acceptors (Lipinski definition) is 6. The fourth-order valence-corrected chi connectivity index (χ4v) is 4.92. The quantitative estimate of drug-likeness (QED) is 0.457. The molecule has 0 bridgehead atoms. The van der Waals surface area contributed by atoms with Crippen LogP contribution in [0.2, 0.25) is 0 Å². The van der Waals surface area contributed by atoms with E-state index in [9.17, 15) is 14.4 Å². The van der Waals surface area contributed by atoms with E-state index in [0.29, 0.717) is 32.8 Å². The molecule has 0 radical (unpaired) electrons. The lowest BCUT2D eigenvalue weighted by Crippen LogP contribution is -2.53. The average molecular weight is 515 g/mol. The standard InChI is InChI=1S/C28H42N4O5/c1-3-37-26(33)22-29-28(35)32-20-17-30(18-21-32)16-19-31(27(34)24-11-5-4-6-12-24)15-9-13-23-10-7-8-14-25(23)36-2/h7-10,13-14,24H,3-6,11-12,15-22H2,1-2H3,(H,29,35)/b13-9+. The van der Waals surface area contributed by atoms with Gasteiger partial charge in [-0.1, -0.05) is 49.6 Å². The molecule has 0 atom stereocenters. The molecule has 1 heterocycles. The smallest absolute Gasteiger partial charge is 0.325 e. The Labute approximate surface area is 220 Å². The molecule has 1 N–H and O–H groups in total. The third kappa shape index (κ3) is 9.07. The number of nitrogens with one attached hydrogen (secondary N) is 1. The summed E-state index contributed by atoms with van der Waals surface area (Å²) in [5.74, 6) is 0.750. The molecule has 1 aliphatic carbocycles. The van der Waals surface area contributed by atoms with Crippen molar-refractivity contribution in [2.24, 2.45) is 5.92 Å². The van der Waals surface area contributed by atoms with Crippen LogP contribution in [0.5, 0.6) is 5.75 Å². The molecular weight excluding hydrogens is 472 g/mol. The van der Waals surface area contributed by atoms with E-state index < -0.39 is 5.97 Å². The Morgan fingerprint density at radius 2 is 1.81 bits per heavy atom. The summed E-state index contributed by atoms with van der Waals surface area (Å²) in [5.41, 5.74) is 0.993. The Kier molecular flexibility index (Phi) is 11.7. The van der Waals surface area contributed by atoms with Crippen LogP contribution in [0, 0.1) is 5.92 Å². The Morgan fingerprint density at radius 3 is 2.51 bits per heavy atom. The van der Waals surface area contributed by atoms with Crippen LogP contribution in [0.4, 0.5) is 4.79 Å². The summed E-state index contributed by atoms with van der Waals surface area (Å²) in [6, 6.07) is 7.61. The van der Waals surface area contributed by atoms with Crippen LogP contribution in [0.25, 0.3) is 6.08 Å². The van der Waals surface area contributed by atoms with Gasteiger partial charge in [0.2, 0.25) is 5.91 Å². The molecule has 1 saturated heterocycles. The van der Waals surface area contributed by atoms with Gasteiger partial charge in [0.25, 0.3) is 0 Å². The number of rotatable bonds is 11. The van der Waals surface area contributed by atoms with Crippen LogP contribution in [0.1, 0.15) is 44.6 Å². The van der Waals surface area contributed by atoms with Gasteiger partial charge in [0, 0.05) is 57.3 Å². The number of piperazine rings is 1. The van der Waals surface area contributed by atoms with Gasteiger partial charge in [0.15, 0.2) is 0 Å². The fraction of sp³-hybridized carbons (Fsp3) is 0.607. The predicted molar refractivity (Wildman–Crippen MR) is 143 cm³/mol. The summed E-state index contributed by atoms with van der Waals surface area (Å²) in [6.45, 7) is 6.52. The number of para-hydroxylation sites is 1. The summed E-state index contributed by atoms with van der Waals surface area (Å²) in [4.78, 5) is 43.2.